The second kappa shape index (κ2) is 6.12. The number of rotatable bonds is 3. The highest BCUT2D eigenvalue weighted by molar-refractivity contribution is 7.11. The second-order valence-corrected chi connectivity index (χ2v) is 6.73. The number of hydrogen-bond acceptors (Lipinski definition) is 3. The van der Waals surface area contributed by atoms with E-state index in [1.165, 1.54) is 23.1 Å². The predicted molar refractivity (Wildman–Crippen MR) is 83.5 cm³/mol. The maximum Gasteiger partial charge on any atom is 0.257 e. The summed E-state index contributed by atoms with van der Waals surface area (Å²) in [5.41, 5.74) is 0.817. The van der Waals surface area contributed by atoms with Crippen molar-refractivity contribution in [3.05, 3.63) is 50.2 Å². The van der Waals surface area contributed by atoms with Crippen molar-refractivity contribution in [2.45, 2.75) is 26.8 Å². The summed E-state index contributed by atoms with van der Waals surface area (Å²) in [6.45, 7) is 5.77. The minimum absolute atomic E-state index is 0.0264. The van der Waals surface area contributed by atoms with Crippen LogP contribution in [-0.4, -0.2) is 22.8 Å². The molecular formula is C15H16ClFN2OS. The van der Waals surface area contributed by atoms with Crippen LogP contribution >= 0.6 is 22.9 Å². The van der Waals surface area contributed by atoms with Gasteiger partial charge >= 0.3 is 0 Å². The Hall–Kier alpha value is -1.46. The molecule has 1 heterocycles. The third-order valence-electron chi connectivity index (χ3n) is 3.40. The van der Waals surface area contributed by atoms with Crippen molar-refractivity contribution >= 4 is 28.8 Å². The molecule has 1 aromatic heterocycles. The Morgan fingerprint density at radius 3 is 2.67 bits per heavy atom. The molecule has 21 heavy (non-hydrogen) atoms. The van der Waals surface area contributed by atoms with E-state index in [0.717, 1.165) is 15.6 Å². The van der Waals surface area contributed by atoms with Gasteiger partial charge in [-0.15, -0.1) is 11.3 Å². The highest BCUT2D eigenvalue weighted by atomic mass is 35.5. The number of amides is 1. The Morgan fingerprint density at radius 1 is 1.43 bits per heavy atom. The highest BCUT2D eigenvalue weighted by Gasteiger charge is 2.24. The van der Waals surface area contributed by atoms with Gasteiger partial charge in [0.05, 0.1) is 22.3 Å². The van der Waals surface area contributed by atoms with Gasteiger partial charge in [0.1, 0.15) is 5.82 Å². The normalized spacial score (nSPS) is 12.3. The van der Waals surface area contributed by atoms with Crippen LogP contribution in [0.25, 0.3) is 0 Å². The maximum absolute atomic E-state index is 13.8. The van der Waals surface area contributed by atoms with Crippen LogP contribution in [0.15, 0.2) is 18.2 Å². The minimum atomic E-state index is -0.574. The van der Waals surface area contributed by atoms with E-state index in [-0.39, 0.29) is 11.6 Å². The van der Waals surface area contributed by atoms with Crippen LogP contribution in [-0.2, 0) is 0 Å². The number of carbonyl (C=O) groups is 1. The molecule has 2 aromatic rings. The lowest BCUT2D eigenvalue weighted by Gasteiger charge is -2.24. The smallest absolute Gasteiger partial charge is 0.257 e. The van der Waals surface area contributed by atoms with E-state index >= 15 is 0 Å². The Labute approximate surface area is 132 Å². The fraction of sp³-hybridized carbons (Fsp3) is 0.333. The van der Waals surface area contributed by atoms with Crippen LogP contribution in [0.5, 0.6) is 0 Å². The third kappa shape index (κ3) is 3.24. The van der Waals surface area contributed by atoms with Crippen LogP contribution in [0.4, 0.5) is 4.39 Å². The summed E-state index contributed by atoms with van der Waals surface area (Å²) < 4.78 is 13.8. The Bertz CT molecular complexity index is 686. The molecule has 3 nitrogen and oxygen atoms in total. The van der Waals surface area contributed by atoms with Gasteiger partial charge in [0.25, 0.3) is 5.91 Å². The Morgan fingerprint density at radius 2 is 2.10 bits per heavy atom. The summed E-state index contributed by atoms with van der Waals surface area (Å²) in [5, 5.41) is 1.28. The molecule has 1 unspecified atom stereocenters. The molecule has 0 radical (unpaired) electrons. The van der Waals surface area contributed by atoms with Crippen molar-refractivity contribution in [1.29, 1.82) is 0 Å². The van der Waals surface area contributed by atoms with E-state index < -0.39 is 11.7 Å². The zero-order chi connectivity index (χ0) is 15.7. The molecule has 0 aliphatic heterocycles. The van der Waals surface area contributed by atoms with E-state index in [1.807, 2.05) is 20.8 Å². The number of nitrogens with zero attached hydrogens (tertiary/aromatic N) is 2. The lowest BCUT2D eigenvalue weighted by molar-refractivity contribution is 0.0735. The fourth-order valence-corrected chi connectivity index (χ4v) is 3.22. The van der Waals surface area contributed by atoms with Crippen molar-refractivity contribution in [3.8, 4) is 0 Å². The molecule has 0 fully saturated rings. The summed E-state index contributed by atoms with van der Waals surface area (Å²) in [7, 11) is 1.64. The zero-order valence-electron chi connectivity index (χ0n) is 12.3. The lowest BCUT2D eigenvalue weighted by Crippen LogP contribution is -2.30. The van der Waals surface area contributed by atoms with Crippen molar-refractivity contribution in [2.24, 2.45) is 0 Å². The van der Waals surface area contributed by atoms with Gasteiger partial charge in [0.15, 0.2) is 0 Å². The monoisotopic (exact) mass is 326 g/mol. The third-order valence-corrected chi connectivity index (χ3v) is 4.53. The average Bonchev–Trinajstić information content (AvgIpc) is 2.78. The first-order valence-electron chi connectivity index (χ1n) is 6.47. The lowest BCUT2D eigenvalue weighted by atomic mass is 10.1. The topological polar surface area (TPSA) is 33.2 Å². The standard InChI is InChI=1S/C15H16ClFN2OS/c1-8(14-9(2)21-10(3)18-14)19(4)15(20)12-7-11(16)5-6-13(12)17/h5-8H,1-4H3. The highest BCUT2D eigenvalue weighted by Crippen LogP contribution is 2.27. The Balaban J connectivity index is 2.30. The van der Waals surface area contributed by atoms with Gasteiger partial charge in [-0.1, -0.05) is 11.6 Å². The van der Waals surface area contributed by atoms with Gasteiger partial charge in [-0.25, -0.2) is 9.37 Å². The molecule has 6 heteroatoms. The molecule has 0 aliphatic carbocycles. The molecule has 0 saturated carbocycles. The number of carbonyl (C=O) groups excluding carboxylic acids is 1. The number of thiazole rings is 1. The molecule has 1 atom stereocenters. The van der Waals surface area contributed by atoms with Crippen molar-refractivity contribution < 1.29 is 9.18 Å². The Kier molecular flexibility index (Phi) is 4.64. The van der Waals surface area contributed by atoms with E-state index in [9.17, 15) is 9.18 Å². The number of halogens is 2. The average molecular weight is 327 g/mol. The molecule has 0 saturated heterocycles. The van der Waals surface area contributed by atoms with E-state index in [2.05, 4.69) is 4.98 Å². The molecule has 2 rings (SSSR count). The summed E-state index contributed by atoms with van der Waals surface area (Å²) >= 11 is 7.43. The first-order valence-corrected chi connectivity index (χ1v) is 7.67. The molecule has 1 aromatic carbocycles. The van der Waals surface area contributed by atoms with E-state index in [0.29, 0.717) is 5.02 Å². The number of hydrogen-bond donors (Lipinski definition) is 0. The van der Waals surface area contributed by atoms with Gasteiger partial charge in [-0.3, -0.25) is 4.79 Å². The summed E-state index contributed by atoms with van der Waals surface area (Å²) in [6.07, 6.45) is 0. The van der Waals surface area contributed by atoms with Gasteiger partial charge in [-0.2, -0.15) is 0 Å². The van der Waals surface area contributed by atoms with Crippen LogP contribution < -0.4 is 0 Å². The largest absolute Gasteiger partial charge is 0.333 e. The fourth-order valence-electron chi connectivity index (χ4n) is 2.14. The van der Waals surface area contributed by atoms with Crippen LogP contribution in [0.1, 0.15) is 38.9 Å². The van der Waals surface area contributed by atoms with Crippen molar-refractivity contribution in [2.75, 3.05) is 7.05 Å². The second-order valence-electron chi connectivity index (χ2n) is 4.89. The summed E-state index contributed by atoms with van der Waals surface area (Å²) in [4.78, 5) is 19.4. The van der Waals surface area contributed by atoms with E-state index in [1.54, 1.807) is 18.4 Å². The number of aryl methyl sites for hydroxylation is 2. The predicted octanol–water partition coefficient (Wildman–Crippen LogP) is 4.39. The van der Waals surface area contributed by atoms with Crippen LogP contribution in [0.3, 0.4) is 0 Å². The zero-order valence-corrected chi connectivity index (χ0v) is 13.8. The van der Waals surface area contributed by atoms with E-state index in [4.69, 9.17) is 11.6 Å². The first-order chi connectivity index (χ1) is 9.81. The molecule has 112 valence electrons. The molecule has 0 aliphatic rings. The molecule has 0 N–H and O–H groups in total. The van der Waals surface area contributed by atoms with Gasteiger partial charge < -0.3 is 4.90 Å². The summed E-state index contributed by atoms with van der Waals surface area (Å²) in [5.74, 6) is -0.984. The van der Waals surface area contributed by atoms with Crippen molar-refractivity contribution in [3.63, 3.8) is 0 Å². The maximum atomic E-state index is 13.8. The summed E-state index contributed by atoms with van der Waals surface area (Å²) in [6, 6.07) is 3.74. The van der Waals surface area contributed by atoms with Crippen molar-refractivity contribution in [1.82, 2.24) is 9.88 Å². The minimum Gasteiger partial charge on any atom is -0.333 e. The van der Waals surface area contributed by atoms with Gasteiger partial charge in [-0.05, 0) is 39.0 Å². The van der Waals surface area contributed by atoms with Crippen LogP contribution in [0, 0.1) is 19.7 Å². The molecule has 1 amide bonds. The SMILES string of the molecule is Cc1nc(C(C)N(C)C(=O)c2cc(Cl)ccc2F)c(C)s1. The van der Waals surface area contributed by atoms with Gasteiger partial charge in [0, 0.05) is 16.9 Å². The number of benzene rings is 1. The van der Waals surface area contributed by atoms with Crippen LogP contribution in [0.2, 0.25) is 5.02 Å². The van der Waals surface area contributed by atoms with Gasteiger partial charge in [0.2, 0.25) is 0 Å². The first kappa shape index (κ1) is 15.9. The molecular weight excluding hydrogens is 311 g/mol. The number of aromatic nitrogens is 1. The molecule has 0 bridgehead atoms. The molecule has 0 spiro atoms. The quantitative estimate of drug-likeness (QED) is 0.838.